The smallest absolute Gasteiger partial charge is 0.266 e. The number of pyridine rings is 1. The first-order chi connectivity index (χ1) is 12.5. The first-order valence-electron chi connectivity index (χ1n) is 7.81. The van der Waals surface area contributed by atoms with Crippen molar-refractivity contribution in [1.82, 2.24) is 9.88 Å². The number of methoxy groups -OCH3 is 1. The number of benzene rings is 1. The summed E-state index contributed by atoms with van der Waals surface area (Å²) >= 11 is 7.33. The fourth-order valence-electron chi connectivity index (χ4n) is 2.37. The van der Waals surface area contributed by atoms with Gasteiger partial charge in [0.05, 0.1) is 12.0 Å². The number of thioether (sulfide) groups is 1. The van der Waals surface area contributed by atoms with Crippen molar-refractivity contribution in [2.75, 3.05) is 13.7 Å². The van der Waals surface area contributed by atoms with Crippen LogP contribution in [0.1, 0.15) is 12.5 Å². The zero-order valence-corrected chi connectivity index (χ0v) is 15.7. The van der Waals surface area contributed by atoms with Crippen molar-refractivity contribution >= 4 is 46.2 Å². The lowest BCUT2D eigenvalue weighted by Gasteiger charge is -2.12. The van der Waals surface area contributed by atoms with Gasteiger partial charge >= 0.3 is 0 Å². The van der Waals surface area contributed by atoms with Crippen molar-refractivity contribution in [2.45, 2.75) is 6.92 Å². The predicted molar refractivity (Wildman–Crippen MR) is 104 cm³/mol. The number of aromatic hydroxyl groups is 1. The second kappa shape index (κ2) is 7.80. The zero-order chi connectivity index (χ0) is 18.7. The predicted octanol–water partition coefficient (Wildman–Crippen LogP) is 4.07. The normalized spacial score (nSPS) is 17.3. The number of amides is 1. The Labute approximate surface area is 160 Å². The van der Waals surface area contributed by atoms with Crippen LogP contribution in [0.3, 0.4) is 0 Å². The molecule has 1 aromatic heterocycles. The topological polar surface area (TPSA) is 75.0 Å². The molecule has 2 heterocycles. The van der Waals surface area contributed by atoms with Gasteiger partial charge in [0.2, 0.25) is 0 Å². The molecule has 1 aliphatic heterocycles. The maximum Gasteiger partial charge on any atom is 0.266 e. The van der Waals surface area contributed by atoms with Crippen LogP contribution in [0.5, 0.6) is 11.5 Å². The summed E-state index contributed by atoms with van der Waals surface area (Å²) < 4.78 is 5.11. The lowest BCUT2D eigenvalue weighted by Crippen LogP contribution is -2.28. The molecule has 0 spiro atoms. The molecule has 1 aliphatic rings. The summed E-state index contributed by atoms with van der Waals surface area (Å²) in [7, 11) is 1.47. The summed E-state index contributed by atoms with van der Waals surface area (Å²) in [6.45, 7) is 2.37. The molecule has 134 valence electrons. The minimum Gasteiger partial charge on any atom is -0.504 e. The standard InChI is InChI=1S/C18H16ClN3O3S/c1-3-22-17(24)15(10-11-6-7-13(23)14(9-11)25-2)26-18(22)21-12-5-4-8-20-16(12)19/h4-10,23H,3H2,1-2H3/b15-10-,21-18?. The largest absolute Gasteiger partial charge is 0.504 e. The molecule has 2 aromatic rings. The molecule has 6 nitrogen and oxygen atoms in total. The van der Waals surface area contributed by atoms with Gasteiger partial charge in [0.1, 0.15) is 5.69 Å². The zero-order valence-electron chi connectivity index (χ0n) is 14.1. The molecular weight excluding hydrogens is 374 g/mol. The van der Waals surface area contributed by atoms with Crippen molar-refractivity contribution in [2.24, 2.45) is 4.99 Å². The van der Waals surface area contributed by atoms with E-state index in [2.05, 4.69) is 9.98 Å². The summed E-state index contributed by atoms with van der Waals surface area (Å²) in [5.41, 5.74) is 1.25. The molecular formula is C18H16ClN3O3S. The van der Waals surface area contributed by atoms with Crippen LogP contribution in [0.15, 0.2) is 46.4 Å². The van der Waals surface area contributed by atoms with E-state index in [1.54, 1.807) is 41.4 Å². The molecule has 0 aliphatic carbocycles. The molecule has 1 aromatic carbocycles. The number of carbonyl (C=O) groups excluding carboxylic acids is 1. The van der Waals surface area contributed by atoms with Gasteiger partial charge in [-0.3, -0.25) is 9.69 Å². The third-order valence-corrected chi connectivity index (χ3v) is 4.96. The van der Waals surface area contributed by atoms with Crippen molar-refractivity contribution in [3.63, 3.8) is 0 Å². The SMILES string of the molecule is CCN1C(=O)/C(=C/c2ccc(O)c(OC)c2)SC1=Nc1cccnc1Cl. The number of hydrogen-bond acceptors (Lipinski definition) is 6. The second-order valence-electron chi connectivity index (χ2n) is 5.30. The Morgan fingerprint density at radius 3 is 2.92 bits per heavy atom. The quantitative estimate of drug-likeness (QED) is 0.630. The Bertz CT molecular complexity index is 914. The van der Waals surface area contributed by atoms with Gasteiger partial charge in [-0.15, -0.1) is 0 Å². The maximum absolute atomic E-state index is 12.7. The van der Waals surface area contributed by atoms with Crippen LogP contribution in [0.2, 0.25) is 5.15 Å². The molecule has 1 fully saturated rings. The minimum atomic E-state index is -0.136. The summed E-state index contributed by atoms with van der Waals surface area (Å²) in [4.78, 5) is 23.3. The number of aliphatic imine (C=N–C) groups is 1. The first-order valence-corrected chi connectivity index (χ1v) is 9.00. The second-order valence-corrected chi connectivity index (χ2v) is 6.67. The monoisotopic (exact) mass is 389 g/mol. The average molecular weight is 390 g/mol. The van der Waals surface area contributed by atoms with Crippen molar-refractivity contribution in [3.05, 3.63) is 52.2 Å². The number of nitrogens with zero attached hydrogens (tertiary/aromatic N) is 3. The van der Waals surface area contributed by atoms with Crippen LogP contribution in [0, 0.1) is 0 Å². The van der Waals surface area contributed by atoms with E-state index in [4.69, 9.17) is 16.3 Å². The van der Waals surface area contributed by atoms with Crippen LogP contribution in [0.4, 0.5) is 5.69 Å². The highest BCUT2D eigenvalue weighted by Crippen LogP contribution is 2.36. The Morgan fingerprint density at radius 2 is 2.23 bits per heavy atom. The highest BCUT2D eigenvalue weighted by atomic mass is 35.5. The third kappa shape index (κ3) is 3.68. The van der Waals surface area contributed by atoms with E-state index in [1.165, 1.54) is 24.9 Å². The molecule has 0 atom stereocenters. The van der Waals surface area contributed by atoms with E-state index in [0.717, 1.165) is 5.56 Å². The van der Waals surface area contributed by atoms with E-state index < -0.39 is 0 Å². The molecule has 0 unspecified atom stereocenters. The van der Waals surface area contributed by atoms with Gasteiger partial charge in [-0.25, -0.2) is 9.98 Å². The lowest BCUT2D eigenvalue weighted by atomic mass is 10.2. The van der Waals surface area contributed by atoms with Gasteiger partial charge in [-0.1, -0.05) is 17.7 Å². The summed E-state index contributed by atoms with van der Waals surface area (Å²) in [6, 6.07) is 8.38. The third-order valence-electron chi connectivity index (χ3n) is 3.66. The number of rotatable bonds is 4. The number of amidine groups is 1. The van der Waals surface area contributed by atoms with Gasteiger partial charge in [0, 0.05) is 12.7 Å². The number of likely N-dealkylation sites (N-methyl/N-ethyl adjacent to an activating group) is 1. The molecule has 1 amide bonds. The summed E-state index contributed by atoms with van der Waals surface area (Å²) in [6.07, 6.45) is 3.32. The fourth-order valence-corrected chi connectivity index (χ4v) is 3.59. The highest BCUT2D eigenvalue weighted by molar-refractivity contribution is 8.18. The number of ether oxygens (including phenoxy) is 1. The molecule has 26 heavy (non-hydrogen) atoms. The molecule has 1 N–H and O–H groups in total. The van der Waals surface area contributed by atoms with Crippen LogP contribution in [-0.4, -0.2) is 39.7 Å². The van der Waals surface area contributed by atoms with E-state index in [-0.39, 0.29) is 16.8 Å². The van der Waals surface area contributed by atoms with E-state index >= 15 is 0 Å². The maximum atomic E-state index is 12.7. The molecule has 0 saturated carbocycles. The molecule has 8 heteroatoms. The fraction of sp³-hybridized carbons (Fsp3) is 0.167. The Morgan fingerprint density at radius 1 is 1.42 bits per heavy atom. The van der Waals surface area contributed by atoms with Gasteiger partial charge < -0.3 is 9.84 Å². The summed E-state index contributed by atoms with van der Waals surface area (Å²) in [5, 5.41) is 10.5. The van der Waals surface area contributed by atoms with Crippen molar-refractivity contribution in [3.8, 4) is 11.5 Å². The van der Waals surface area contributed by atoms with E-state index in [9.17, 15) is 9.90 Å². The minimum absolute atomic E-state index is 0.0451. The van der Waals surface area contributed by atoms with Gasteiger partial charge in [-0.05, 0) is 54.6 Å². The Balaban J connectivity index is 1.96. The van der Waals surface area contributed by atoms with Gasteiger partial charge in [0.15, 0.2) is 21.8 Å². The van der Waals surface area contributed by atoms with Crippen LogP contribution < -0.4 is 4.74 Å². The highest BCUT2D eigenvalue weighted by Gasteiger charge is 2.32. The van der Waals surface area contributed by atoms with Gasteiger partial charge in [-0.2, -0.15) is 0 Å². The van der Waals surface area contributed by atoms with Crippen molar-refractivity contribution in [1.29, 1.82) is 0 Å². The van der Waals surface area contributed by atoms with Crippen LogP contribution >= 0.6 is 23.4 Å². The number of phenols is 1. The number of phenolic OH excluding ortho intramolecular Hbond substituents is 1. The van der Waals surface area contributed by atoms with Crippen LogP contribution in [0.25, 0.3) is 6.08 Å². The first kappa shape index (κ1) is 18.3. The molecule has 0 radical (unpaired) electrons. The number of halogens is 1. The number of hydrogen-bond donors (Lipinski definition) is 1. The number of aromatic nitrogens is 1. The van der Waals surface area contributed by atoms with E-state index in [1.807, 2.05) is 6.92 Å². The number of carbonyl (C=O) groups is 1. The Kier molecular flexibility index (Phi) is 5.49. The van der Waals surface area contributed by atoms with Crippen LogP contribution in [-0.2, 0) is 4.79 Å². The molecule has 3 rings (SSSR count). The van der Waals surface area contributed by atoms with Gasteiger partial charge in [0.25, 0.3) is 5.91 Å². The molecule has 0 bridgehead atoms. The lowest BCUT2D eigenvalue weighted by molar-refractivity contribution is -0.122. The summed E-state index contributed by atoms with van der Waals surface area (Å²) in [5.74, 6) is 0.255. The van der Waals surface area contributed by atoms with Crippen molar-refractivity contribution < 1.29 is 14.6 Å². The Hall–Kier alpha value is -2.51. The molecule has 1 saturated heterocycles. The average Bonchev–Trinajstić information content (AvgIpc) is 2.93. The van der Waals surface area contributed by atoms with E-state index in [0.29, 0.717) is 28.1 Å².